The molecule has 1 aliphatic rings. The second-order valence-corrected chi connectivity index (χ2v) is 6.17. The zero-order chi connectivity index (χ0) is 17.0. The Balaban J connectivity index is 2.52. The molecule has 5 heteroatoms. The van der Waals surface area contributed by atoms with Crippen molar-refractivity contribution >= 4 is 5.69 Å². The fourth-order valence-corrected chi connectivity index (χ4v) is 3.12. The molecule has 1 aliphatic heterocycles. The molecular formula is C18H27N5. The third-order valence-electron chi connectivity index (χ3n) is 4.54. The van der Waals surface area contributed by atoms with E-state index in [1.165, 1.54) is 5.56 Å². The molecule has 2 unspecified atom stereocenters. The van der Waals surface area contributed by atoms with Gasteiger partial charge in [0.05, 0.1) is 17.8 Å². The summed E-state index contributed by atoms with van der Waals surface area (Å²) in [6.07, 6.45) is 5.15. The molecule has 3 N–H and O–H groups in total. The van der Waals surface area contributed by atoms with E-state index in [2.05, 4.69) is 47.7 Å². The summed E-state index contributed by atoms with van der Waals surface area (Å²) in [7, 11) is 3.98. The van der Waals surface area contributed by atoms with Gasteiger partial charge < -0.3 is 20.9 Å². The third-order valence-corrected chi connectivity index (χ3v) is 4.54. The second-order valence-electron chi connectivity index (χ2n) is 6.17. The maximum atomic E-state index is 9.34. The fourth-order valence-electron chi connectivity index (χ4n) is 3.12. The quantitative estimate of drug-likeness (QED) is 0.752. The van der Waals surface area contributed by atoms with Gasteiger partial charge in [-0.3, -0.25) is 0 Å². The largest absolute Gasteiger partial charge is 0.370 e. The zero-order valence-electron chi connectivity index (χ0n) is 14.6. The lowest BCUT2D eigenvalue weighted by molar-refractivity contribution is 0.456. The number of rotatable bonds is 6. The van der Waals surface area contributed by atoms with Crippen LogP contribution in [0.3, 0.4) is 0 Å². The van der Waals surface area contributed by atoms with E-state index in [0.717, 1.165) is 17.7 Å². The van der Waals surface area contributed by atoms with Crippen LogP contribution < -0.4 is 20.9 Å². The molecule has 5 nitrogen and oxygen atoms in total. The van der Waals surface area contributed by atoms with E-state index in [1.807, 2.05) is 38.6 Å². The first-order chi connectivity index (χ1) is 11.0. The average Bonchev–Trinajstić information content (AvgIpc) is 2.97. The highest BCUT2D eigenvalue weighted by Gasteiger charge is 2.25. The number of nitrogens with one attached hydrogen (secondary N) is 3. The van der Waals surface area contributed by atoms with Gasteiger partial charge in [-0.05, 0) is 64.5 Å². The molecule has 0 spiro atoms. The van der Waals surface area contributed by atoms with Crippen LogP contribution in [0.2, 0.25) is 0 Å². The first-order valence-corrected chi connectivity index (χ1v) is 8.12. The van der Waals surface area contributed by atoms with Crippen molar-refractivity contribution in [2.45, 2.75) is 45.4 Å². The van der Waals surface area contributed by atoms with E-state index >= 15 is 0 Å². The highest BCUT2D eigenvalue weighted by molar-refractivity contribution is 5.64. The van der Waals surface area contributed by atoms with Gasteiger partial charge in [-0.2, -0.15) is 5.26 Å². The molecule has 2 rings (SSSR count). The number of aryl methyl sites for hydroxylation is 1. The van der Waals surface area contributed by atoms with Crippen LogP contribution in [0.4, 0.5) is 5.69 Å². The summed E-state index contributed by atoms with van der Waals surface area (Å²) in [5.74, 6) is 0. The Morgan fingerprint density at radius 3 is 2.61 bits per heavy atom. The number of nitriles is 1. The van der Waals surface area contributed by atoms with Crippen LogP contribution in [-0.4, -0.2) is 26.3 Å². The minimum atomic E-state index is 0.182. The van der Waals surface area contributed by atoms with E-state index in [9.17, 15) is 5.26 Å². The van der Waals surface area contributed by atoms with E-state index in [-0.39, 0.29) is 12.2 Å². The van der Waals surface area contributed by atoms with Crippen LogP contribution in [0.1, 0.15) is 43.0 Å². The van der Waals surface area contributed by atoms with Crippen molar-refractivity contribution in [3.8, 4) is 6.07 Å². The first kappa shape index (κ1) is 17.3. The van der Waals surface area contributed by atoms with Gasteiger partial charge in [-0.1, -0.05) is 0 Å². The van der Waals surface area contributed by atoms with E-state index in [0.29, 0.717) is 11.6 Å². The van der Waals surface area contributed by atoms with Crippen molar-refractivity contribution < 1.29 is 0 Å². The summed E-state index contributed by atoms with van der Waals surface area (Å²) in [5.41, 5.74) is 4.20. The molecule has 0 fully saturated rings. The second kappa shape index (κ2) is 7.49. The van der Waals surface area contributed by atoms with E-state index < -0.39 is 0 Å². The molecule has 0 saturated heterocycles. The fraction of sp³-hybridized carbons (Fsp3) is 0.500. The summed E-state index contributed by atoms with van der Waals surface area (Å²) in [5, 5.41) is 19.4. The predicted molar refractivity (Wildman–Crippen MR) is 95.1 cm³/mol. The van der Waals surface area contributed by atoms with Gasteiger partial charge in [-0.25, -0.2) is 0 Å². The molecular weight excluding hydrogens is 286 g/mol. The summed E-state index contributed by atoms with van der Waals surface area (Å²) >= 11 is 0. The Morgan fingerprint density at radius 2 is 2.09 bits per heavy atom. The molecule has 0 aromatic heterocycles. The first-order valence-electron chi connectivity index (χ1n) is 8.12. The molecule has 23 heavy (non-hydrogen) atoms. The molecule has 0 radical (unpaired) electrons. The van der Waals surface area contributed by atoms with Crippen LogP contribution in [0.5, 0.6) is 0 Å². The molecule has 0 aliphatic carbocycles. The molecule has 0 saturated carbocycles. The number of benzene rings is 1. The van der Waals surface area contributed by atoms with Gasteiger partial charge in [0.25, 0.3) is 0 Å². The summed E-state index contributed by atoms with van der Waals surface area (Å²) in [6, 6.07) is 6.87. The zero-order valence-corrected chi connectivity index (χ0v) is 14.6. The lowest BCUT2D eigenvalue weighted by atomic mass is 9.92. The number of hydrogen-bond acceptors (Lipinski definition) is 5. The SMILES string of the molecule is CNC(C)C[C@H](NC)c1c(C)cc(C#N)cc1N1C=CNC1C. The summed E-state index contributed by atoms with van der Waals surface area (Å²) in [6.45, 7) is 6.39. The van der Waals surface area contributed by atoms with Crippen LogP contribution in [-0.2, 0) is 0 Å². The van der Waals surface area contributed by atoms with Crippen molar-refractivity contribution in [3.63, 3.8) is 0 Å². The third kappa shape index (κ3) is 3.66. The van der Waals surface area contributed by atoms with Gasteiger partial charge in [0, 0.05) is 30.2 Å². The van der Waals surface area contributed by atoms with Gasteiger partial charge in [0.2, 0.25) is 0 Å². The van der Waals surface area contributed by atoms with Crippen LogP contribution >= 0.6 is 0 Å². The minimum absolute atomic E-state index is 0.182. The molecule has 3 atom stereocenters. The van der Waals surface area contributed by atoms with E-state index in [1.54, 1.807) is 0 Å². The Hall–Kier alpha value is -2.03. The molecule has 1 heterocycles. The van der Waals surface area contributed by atoms with Crippen molar-refractivity contribution in [2.75, 3.05) is 19.0 Å². The summed E-state index contributed by atoms with van der Waals surface area (Å²) in [4.78, 5) is 2.19. The van der Waals surface area contributed by atoms with Crippen LogP contribution in [0.25, 0.3) is 0 Å². The molecule has 124 valence electrons. The van der Waals surface area contributed by atoms with Gasteiger partial charge in [-0.15, -0.1) is 0 Å². The molecule has 1 aromatic rings. The number of anilines is 1. The Labute approximate surface area is 139 Å². The minimum Gasteiger partial charge on any atom is -0.370 e. The standard InChI is InChI=1S/C18H27N5/c1-12-8-15(11-19)10-17(23-7-6-22-14(23)3)18(12)16(21-5)9-13(2)20-4/h6-8,10,13-14,16,20-22H,9H2,1-5H3/t13?,14?,16-/m0/s1. The normalized spacial score (nSPS) is 19.3. The van der Waals surface area contributed by atoms with Crippen molar-refractivity contribution in [1.29, 1.82) is 5.26 Å². The highest BCUT2D eigenvalue weighted by Crippen LogP contribution is 2.35. The van der Waals surface area contributed by atoms with Crippen LogP contribution in [0.15, 0.2) is 24.5 Å². The Kier molecular flexibility index (Phi) is 5.64. The van der Waals surface area contributed by atoms with Crippen molar-refractivity contribution in [2.24, 2.45) is 0 Å². The molecule has 0 bridgehead atoms. The molecule has 1 aromatic carbocycles. The van der Waals surface area contributed by atoms with Crippen LogP contribution in [0, 0.1) is 18.3 Å². The Bertz CT molecular complexity index is 617. The van der Waals surface area contributed by atoms with Crippen molar-refractivity contribution in [3.05, 3.63) is 41.2 Å². The highest BCUT2D eigenvalue weighted by atomic mass is 15.3. The van der Waals surface area contributed by atoms with E-state index in [4.69, 9.17) is 0 Å². The number of nitrogens with zero attached hydrogens (tertiary/aromatic N) is 2. The van der Waals surface area contributed by atoms with Gasteiger partial charge in [0.1, 0.15) is 0 Å². The Morgan fingerprint density at radius 1 is 1.35 bits per heavy atom. The average molecular weight is 313 g/mol. The molecule has 0 amide bonds. The lowest BCUT2D eigenvalue weighted by Crippen LogP contribution is -2.35. The number of hydrogen-bond donors (Lipinski definition) is 3. The maximum absolute atomic E-state index is 9.34. The maximum Gasteiger partial charge on any atom is 0.1000 e. The topological polar surface area (TPSA) is 63.1 Å². The van der Waals surface area contributed by atoms with Gasteiger partial charge >= 0.3 is 0 Å². The predicted octanol–water partition coefficient (Wildman–Crippen LogP) is 2.35. The summed E-state index contributed by atoms with van der Waals surface area (Å²) < 4.78 is 0. The van der Waals surface area contributed by atoms with Crippen molar-refractivity contribution in [1.82, 2.24) is 16.0 Å². The lowest BCUT2D eigenvalue weighted by Gasteiger charge is -2.31. The smallest absolute Gasteiger partial charge is 0.1000 e. The van der Waals surface area contributed by atoms with Gasteiger partial charge in [0.15, 0.2) is 0 Å². The monoisotopic (exact) mass is 313 g/mol.